The minimum atomic E-state index is -1.14. The van der Waals surface area contributed by atoms with Crippen molar-refractivity contribution in [3.8, 4) is 5.69 Å². The summed E-state index contributed by atoms with van der Waals surface area (Å²) in [5.41, 5.74) is 0.961. The summed E-state index contributed by atoms with van der Waals surface area (Å²) >= 11 is 5.97. The molecule has 0 saturated carbocycles. The molecule has 0 aliphatic carbocycles. The average Bonchev–Trinajstić information content (AvgIpc) is 3.51. The van der Waals surface area contributed by atoms with Crippen LogP contribution >= 0.6 is 11.6 Å². The predicted octanol–water partition coefficient (Wildman–Crippen LogP) is 2.55. The van der Waals surface area contributed by atoms with Crippen LogP contribution in [0.4, 0.5) is 0 Å². The molecule has 1 aromatic carbocycles. The molecule has 0 bridgehead atoms. The number of aliphatic hydroxyl groups is 1. The summed E-state index contributed by atoms with van der Waals surface area (Å²) in [7, 11) is 0. The van der Waals surface area contributed by atoms with Gasteiger partial charge in [0.05, 0.1) is 29.5 Å². The Balaban J connectivity index is 1.18. The Bertz CT molecular complexity index is 1610. The van der Waals surface area contributed by atoms with Gasteiger partial charge in [0.15, 0.2) is 11.3 Å². The molecular formula is C25H22ClN7O3. The lowest BCUT2D eigenvalue weighted by atomic mass is 9.91. The van der Waals surface area contributed by atoms with E-state index >= 15 is 0 Å². The second-order valence-electron chi connectivity index (χ2n) is 9.06. The van der Waals surface area contributed by atoms with E-state index in [1.165, 1.54) is 17.1 Å². The first-order valence-electron chi connectivity index (χ1n) is 11.6. The highest BCUT2D eigenvalue weighted by atomic mass is 35.5. The van der Waals surface area contributed by atoms with Gasteiger partial charge in [-0.05, 0) is 55.3 Å². The summed E-state index contributed by atoms with van der Waals surface area (Å²) in [4.78, 5) is 32.2. The second-order valence-corrected chi connectivity index (χ2v) is 9.50. The number of hydrogen-bond donors (Lipinski definition) is 1. The maximum absolute atomic E-state index is 13.1. The van der Waals surface area contributed by atoms with E-state index < -0.39 is 5.60 Å². The van der Waals surface area contributed by atoms with Crippen LogP contribution in [0, 0.1) is 0 Å². The van der Waals surface area contributed by atoms with Crippen molar-refractivity contribution in [1.82, 2.24) is 33.8 Å². The molecule has 10 nitrogen and oxygen atoms in total. The van der Waals surface area contributed by atoms with Crippen molar-refractivity contribution in [2.45, 2.75) is 25.0 Å². The van der Waals surface area contributed by atoms with Crippen LogP contribution in [0.15, 0.2) is 72.0 Å². The van der Waals surface area contributed by atoms with Gasteiger partial charge in [0.1, 0.15) is 11.7 Å². The first-order chi connectivity index (χ1) is 17.4. The Morgan fingerprint density at radius 1 is 1.11 bits per heavy atom. The van der Waals surface area contributed by atoms with Crippen molar-refractivity contribution in [3.63, 3.8) is 0 Å². The summed E-state index contributed by atoms with van der Waals surface area (Å²) in [5, 5.41) is 20.9. The fraction of sp³-hybridized carbons (Fsp3) is 0.240. The minimum absolute atomic E-state index is 0.0806. The molecule has 1 N–H and O–H groups in total. The van der Waals surface area contributed by atoms with E-state index in [-0.39, 0.29) is 18.0 Å². The van der Waals surface area contributed by atoms with Gasteiger partial charge in [-0.2, -0.15) is 10.2 Å². The SMILES string of the molecule is O=C(c1cc2ccccn2n1)N1CCC(O)(Cn2cnc3c(cnn3-c3ccc(Cl)cc3)c2=O)CC1. The Morgan fingerprint density at radius 2 is 1.89 bits per heavy atom. The summed E-state index contributed by atoms with van der Waals surface area (Å²) in [6.45, 7) is 0.807. The van der Waals surface area contributed by atoms with E-state index in [1.807, 2.05) is 18.2 Å². The largest absolute Gasteiger partial charge is 0.388 e. The normalized spacial score (nSPS) is 15.6. The molecule has 36 heavy (non-hydrogen) atoms. The zero-order chi connectivity index (χ0) is 24.9. The first-order valence-corrected chi connectivity index (χ1v) is 11.9. The van der Waals surface area contributed by atoms with E-state index in [9.17, 15) is 14.7 Å². The van der Waals surface area contributed by atoms with E-state index in [0.29, 0.717) is 47.7 Å². The Kier molecular flexibility index (Phi) is 5.35. The van der Waals surface area contributed by atoms with Crippen molar-refractivity contribution >= 4 is 34.1 Å². The molecule has 5 aromatic rings. The van der Waals surface area contributed by atoms with Crippen molar-refractivity contribution < 1.29 is 9.90 Å². The van der Waals surface area contributed by atoms with Crippen LogP contribution in [0.2, 0.25) is 5.02 Å². The number of benzene rings is 1. The Hall–Kier alpha value is -4.02. The van der Waals surface area contributed by atoms with Gasteiger partial charge in [0.2, 0.25) is 0 Å². The lowest BCUT2D eigenvalue weighted by Crippen LogP contribution is -2.49. The van der Waals surface area contributed by atoms with E-state index in [1.54, 1.807) is 50.6 Å². The zero-order valence-corrected chi connectivity index (χ0v) is 19.9. The first kappa shape index (κ1) is 22.4. The smallest absolute Gasteiger partial charge is 0.274 e. The molecule has 1 saturated heterocycles. The maximum atomic E-state index is 13.1. The highest BCUT2D eigenvalue weighted by Gasteiger charge is 2.35. The average molecular weight is 504 g/mol. The van der Waals surface area contributed by atoms with Crippen LogP contribution in [0.1, 0.15) is 23.3 Å². The van der Waals surface area contributed by atoms with E-state index in [4.69, 9.17) is 11.6 Å². The molecule has 0 atom stereocenters. The lowest BCUT2D eigenvalue weighted by Gasteiger charge is -2.38. The number of pyridine rings is 1. The van der Waals surface area contributed by atoms with Crippen LogP contribution in [0.3, 0.4) is 0 Å². The number of carbonyl (C=O) groups excluding carboxylic acids is 1. The molecule has 1 aliphatic heterocycles. The van der Waals surface area contributed by atoms with Crippen molar-refractivity contribution in [1.29, 1.82) is 0 Å². The molecule has 1 amide bonds. The number of piperidine rings is 1. The third kappa shape index (κ3) is 3.94. The van der Waals surface area contributed by atoms with Crippen LogP contribution in [-0.2, 0) is 6.54 Å². The van der Waals surface area contributed by atoms with Crippen LogP contribution in [0.25, 0.3) is 22.2 Å². The number of aromatic nitrogens is 6. The number of nitrogens with zero attached hydrogens (tertiary/aromatic N) is 7. The molecule has 4 aromatic heterocycles. The predicted molar refractivity (Wildman–Crippen MR) is 133 cm³/mol. The zero-order valence-electron chi connectivity index (χ0n) is 19.2. The molecule has 0 radical (unpaired) electrons. The summed E-state index contributed by atoms with van der Waals surface area (Å²) in [6.07, 6.45) is 5.38. The maximum Gasteiger partial charge on any atom is 0.274 e. The van der Waals surface area contributed by atoms with Crippen LogP contribution in [-0.4, -0.2) is 63.5 Å². The van der Waals surface area contributed by atoms with Crippen LogP contribution in [0.5, 0.6) is 0 Å². The number of carbonyl (C=O) groups is 1. The molecule has 0 unspecified atom stereocenters. The van der Waals surface area contributed by atoms with Gasteiger partial charge >= 0.3 is 0 Å². The van der Waals surface area contributed by atoms with Crippen molar-refractivity contribution in [3.05, 3.63) is 88.3 Å². The van der Waals surface area contributed by atoms with Crippen molar-refractivity contribution in [2.75, 3.05) is 13.1 Å². The Labute approximate surface area is 210 Å². The van der Waals surface area contributed by atoms with E-state index in [0.717, 1.165) is 11.2 Å². The topological polar surface area (TPSA) is 111 Å². The highest BCUT2D eigenvalue weighted by molar-refractivity contribution is 6.30. The summed E-state index contributed by atoms with van der Waals surface area (Å²) in [6, 6.07) is 14.5. The number of hydrogen-bond acceptors (Lipinski definition) is 6. The number of halogens is 1. The quantitative estimate of drug-likeness (QED) is 0.403. The van der Waals surface area contributed by atoms with Gasteiger partial charge in [0.25, 0.3) is 11.5 Å². The monoisotopic (exact) mass is 503 g/mol. The van der Waals surface area contributed by atoms with Crippen LogP contribution < -0.4 is 5.56 Å². The standard InChI is InChI=1S/C25H22ClN7O3/c26-17-4-6-18(7-5-17)33-22-20(14-28-33)23(34)31(16-27-22)15-25(36)8-11-30(12-9-25)24(35)21-13-19-3-1-2-10-32(19)29-21/h1-7,10,13-14,16,36H,8-9,11-12,15H2. The van der Waals surface area contributed by atoms with Gasteiger partial charge in [-0.3, -0.25) is 14.2 Å². The molecule has 1 aliphatic rings. The Morgan fingerprint density at radius 3 is 2.64 bits per heavy atom. The third-order valence-electron chi connectivity index (χ3n) is 6.66. The van der Waals surface area contributed by atoms with Gasteiger partial charge < -0.3 is 10.0 Å². The van der Waals surface area contributed by atoms with E-state index in [2.05, 4.69) is 15.2 Å². The summed E-state index contributed by atoms with van der Waals surface area (Å²) < 4.78 is 4.66. The third-order valence-corrected chi connectivity index (χ3v) is 6.91. The van der Waals surface area contributed by atoms with Gasteiger partial charge in [-0.15, -0.1) is 0 Å². The van der Waals surface area contributed by atoms with Crippen molar-refractivity contribution in [2.24, 2.45) is 0 Å². The van der Waals surface area contributed by atoms with Gasteiger partial charge in [-0.1, -0.05) is 17.7 Å². The number of fused-ring (bicyclic) bond motifs is 2. The molecular weight excluding hydrogens is 482 g/mol. The molecule has 0 spiro atoms. The number of likely N-dealkylation sites (tertiary alicyclic amines) is 1. The van der Waals surface area contributed by atoms with Gasteiger partial charge in [0, 0.05) is 24.3 Å². The fourth-order valence-electron chi connectivity index (χ4n) is 4.64. The lowest BCUT2D eigenvalue weighted by molar-refractivity contribution is -0.0300. The second kappa shape index (κ2) is 8.58. The molecule has 6 rings (SSSR count). The fourth-order valence-corrected chi connectivity index (χ4v) is 4.76. The molecule has 5 heterocycles. The number of amides is 1. The molecule has 11 heteroatoms. The molecule has 1 fully saturated rings. The number of rotatable bonds is 4. The highest BCUT2D eigenvalue weighted by Crippen LogP contribution is 2.25. The molecule has 182 valence electrons. The summed E-state index contributed by atoms with van der Waals surface area (Å²) in [5.74, 6) is -0.171. The minimum Gasteiger partial charge on any atom is -0.388 e. The van der Waals surface area contributed by atoms with Gasteiger partial charge in [-0.25, -0.2) is 14.2 Å².